The third-order valence-electron chi connectivity index (χ3n) is 3.30. The van der Waals surface area contributed by atoms with E-state index in [4.69, 9.17) is 0 Å². The van der Waals surface area contributed by atoms with Crippen LogP contribution in [0.4, 0.5) is 0 Å². The lowest BCUT2D eigenvalue weighted by Gasteiger charge is -2.02. The van der Waals surface area contributed by atoms with Gasteiger partial charge in [0.25, 0.3) is 0 Å². The Bertz CT molecular complexity index is 861. The van der Waals surface area contributed by atoms with E-state index in [1.807, 2.05) is 36.4 Å². The molecule has 0 bridgehead atoms. The number of hydrogen-bond donors (Lipinski definition) is 1. The van der Waals surface area contributed by atoms with E-state index in [9.17, 15) is 4.79 Å². The molecule has 3 rings (SSSR count). The van der Waals surface area contributed by atoms with Gasteiger partial charge in [-0.25, -0.2) is 4.79 Å². The first-order valence-corrected chi connectivity index (χ1v) is 6.47. The third-order valence-corrected chi connectivity index (χ3v) is 3.30. The van der Waals surface area contributed by atoms with Crippen LogP contribution in [0.2, 0.25) is 0 Å². The molecule has 0 aliphatic carbocycles. The van der Waals surface area contributed by atoms with Crippen molar-refractivity contribution in [2.75, 3.05) is 0 Å². The first-order chi connectivity index (χ1) is 9.79. The van der Waals surface area contributed by atoms with Gasteiger partial charge >= 0.3 is 5.69 Å². The Labute approximate surface area is 116 Å². The number of H-pyrrole nitrogens is 1. The Hall–Kier alpha value is -2.73. The summed E-state index contributed by atoms with van der Waals surface area (Å²) in [5, 5.41) is 0. The van der Waals surface area contributed by atoms with Gasteiger partial charge in [0.05, 0.1) is 17.6 Å². The van der Waals surface area contributed by atoms with E-state index >= 15 is 0 Å². The van der Waals surface area contributed by atoms with E-state index in [2.05, 4.69) is 29.0 Å². The fourth-order valence-electron chi connectivity index (χ4n) is 2.29. The van der Waals surface area contributed by atoms with Gasteiger partial charge in [-0.3, -0.25) is 4.57 Å². The lowest BCUT2D eigenvalue weighted by Crippen LogP contribution is -2.15. The number of nitrogens with one attached hydrogen (secondary N) is 1. The average Bonchev–Trinajstić information content (AvgIpc) is 2.80. The van der Waals surface area contributed by atoms with Crippen molar-refractivity contribution in [3.63, 3.8) is 0 Å². The number of aromatic nitrogens is 2. The van der Waals surface area contributed by atoms with Gasteiger partial charge in [0.1, 0.15) is 0 Å². The molecule has 0 amide bonds. The maximum Gasteiger partial charge on any atom is 0.327 e. The van der Waals surface area contributed by atoms with Crippen LogP contribution in [-0.2, 0) is 6.54 Å². The molecule has 0 aliphatic heterocycles. The molecule has 0 unspecified atom stereocenters. The summed E-state index contributed by atoms with van der Waals surface area (Å²) in [6.07, 6.45) is 0. The predicted octanol–water partition coefficient (Wildman–Crippen LogP) is 3.02. The molecule has 1 aromatic heterocycles. The second-order valence-electron chi connectivity index (χ2n) is 4.54. The monoisotopic (exact) mass is 262 g/mol. The van der Waals surface area contributed by atoms with Gasteiger partial charge in [0.2, 0.25) is 0 Å². The van der Waals surface area contributed by atoms with Crippen LogP contribution in [0.5, 0.6) is 0 Å². The van der Waals surface area contributed by atoms with Crippen molar-refractivity contribution in [2.45, 2.75) is 13.5 Å². The predicted molar refractivity (Wildman–Crippen MR) is 81.4 cm³/mol. The molecule has 98 valence electrons. The van der Waals surface area contributed by atoms with E-state index in [-0.39, 0.29) is 5.69 Å². The minimum atomic E-state index is -0.118. The van der Waals surface area contributed by atoms with Crippen molar-refractivity contribution in [2.24, 2.45) is 0 Å². The zero-order valence-corrected chi connectivity index (χ0v) is 11.2. The van der Waals surface area contributed by atoms with Crippen molar-refractivity contribution >= 4 is 11.0 Å². The largest absolute Gasteiger partial charge is 0.327 e. The highest BCUT2D eigenvalue weighted by molar-refractivity contribution is 5.82. The first-order valence-electron chi connectivity index (χ1n) is 6.47. The standard InChI is InChI=1S/C17H14N2O/c1-2-3-11-19-16-10-9-14(12-15(16)18-17(19)20)13-7-5-4-6-8-13/h4-10,12H,11H2,1H3,(H,18,20). The molecule has 20 heavy (non-hydrogen) atoms. The highest BCUT2D eigenvalue weighted by atomic mass is 16.1. The second-order valence-corrected chi connectivity index (χ2v) is 4.54. The highest BCUT2D eigenvalue weighted by Crippen LogP contribution is 2.22. The number of fused-ring (bicyclic) bond motifs is 1. The number of aromatic amines is 1. The molecular formula is C17H14N2O. The summed E-state index contributed by atoms with van der Waals surface area (Å²) in [5.41, 5.74) is 3.84. The average molecular weight is 262 g/mol. The van der Waals surface area contributed by atoms with Crippen LogP contribution in [0.25, 0.3) is 22.2 Å². The Kier molecular flexibility index (Phi) is 3.14. The molecule has 3 nitrogen and oxygen atoms in total. The van der Waals surface area contributed by atoms with Gasteiger partial charge in [0.15, 0.2) is 0 Å². The van der Waals surface area contributed by atoms with Crippen LogP contribution in [-0.4, -0.2) is 9.55 Å². The van der Waals surface area contributed by atoms with Gasteiger partial charge < -0.3 is 4.98 Å². The van der Waals surface area contributed by atoms with Crippen LogP contribution in [0.15, 0.2) is 53.3 Å². The van der Waals surface area contributed by atoms with Gasteiger partial charge in [-0.05, 0) is 30.2 Å². The molecule has 3 aromatic rings. The van der Waals surface area contributed by atoms with Crippen molar-refractivity contribution in [3.8, 4) is 23.0 Å². The Balaban J connectivity index is 2.13. The summed E-state index contributed by atoms with van der Waals surface area (Å²) in [5.74, 6) is 5.73. The molecule has 0 radical (unpaired) electrons. The molecule has 3 heteroatoms. The maximum atomic E-state index is 11.9. The first kappa shape index (κ1) is 12.3. The molecule has 0 atom stereocenters. The molecule has 0 fully saturated rings. The summed E-state index contributed by atoms with van der Waals surface area (Å²) in [4.78, 5) is 14.8. The minimum absolute atomic E-state index is 0.118. The summed E-state index contributed by atoms with van der Waals surface area (Å²) >= 11 is 0. The quantitative estimate of drug-likeness (QED) is 0.708. The maximum absolute atomic E-state index is 11.9. The van der Waals surface area contributed by atoms with Crippen LogP contribution < -0.4 is 5.69 Å². The molecular weight excluding hydrogens is 248 g/mol. The van der Waals surface area contributed by atoms with E-state index in [1.54, 1.807) is 11.5 Å². The Morgan fingerprint density at radius 3 is 2.65 bits per heavy atom. The lowest BCUT2D eigenvalue weighted by molar-refractivity contribution is 0.825. The number of hydrogen-bond acceptors (Lipinski definition) is 1. The fourth-order valence-corrected chi connectivity index (χ4v) is 2.29. The van der Waals surface area contributed by atoms with Crippen molar-refractivity contribution < 1.29 is 0 Å². The van der Waals surface area contributed by atoms with E-state index in [0.29, 0.717) is 6.54 Å². The number of nitrogens with zero attached hydrogens (tertiary/aromatic N) is 1. The molecule has 0 aliphatic rings. The molecule has 0 spiro atoms. The molecule has 0 saturated carbocycles. The number of imidazole rings is 1. The van der Waals surface area contributed by atoms with Crippen molar-refractivity contribution in [1.82, 2.24) is 9.55 Å². The van der Waals surface area contributed by atoms with E-state index in [1.165, 1.54) is 0 Å². The lowest BCUT2D eigenvalue weighted by atomic mass is 10.1. The van der Waals surface area contributed by atoms with Crippen molar-refractivity contribution in [1.29, 1.82) is 0 Å². The zero-order valence-electron chi connectivity index (χ0n) is 11.2. The molecule has 0 saturated heterocycles. The summed E-state index contributed by atoms with van der Waals surface area (Å²) in [6.45, 7) is 2.19. The normalized spacial score (nSPS) is 10.2. The highest BCUT2D eigenvalue weighted by Gasteiger charge is 2.06. The van der Waals surface area contributed by atoms with Gasteiger partial charge in [-0.1, -0.05) is 42.3 Å². The molecule has 1 heterocycles. The van der Waals surface area contributed by atoms with Crippen molar-refractivity contribution in [3.05, 3.63) is 59.0 Å². The Morgan fingerprint density at radius 2 is 1.90 bits per heavy atom. The van der Waals surface area contributed by atoms with Crippen LogP contribution in [0, 0.1) is 11.8 Å². The smallest absolute Gasteiger partial charge is 0.305 e. The van der Waals surface area contributed by atoms with E-state index in [0.717, 1.165) is 22.2 Å². The van der Waals surface area contributed by atoms with E-state index < -0.39 is 0 Å². The molecule has 2 aromatic carbocycles. The summed E-state index contributed by atoms with van der Waals surface area (Å²) in [7, 11) is 0. The van der Waals surface area contributed by atoms with Gasteiger partial charge in [-0.2, -0.15) is 0 Å². The zero-order chi connectivity index (χ0) is 13.9. The minimum Gasteiger partial charge on any atom is -0.305 e. The summed E-state index contributed by atoms with van der Waals surface area (Å²) < 4.78 is 1.65. The SMILES string of the molecule is CC#CCn1c(=O)[nH]c2cc(-c3ccccc3)ccc21. The third kappa shape index (κ3) is 2.12. The van der Waals surface area contributed by atoms with Crippen LogP contribution >= 0.6 is 0 Å². The topological polar surface area (TPSA) is 37.8 Å². The van der Waals surface area contributed by atoms with Gasteiger partial charge in [-0.15, -0.1) is 5.92 Å². The Morgan fingerprint density at radius 1 is 1.10 bits per heavy atom. The van der Waals surface area contributed by atoms with Crippen LogP contribution in [0.3, 0.4) is 0 Å². The van der Waals surface area contributed by atoms with Crippen LogP contribution in [0.1, 0.15) is 6.92 Å². The number of rotatable bonds is 2. The number of benzene rings is 2. The molecule has 1 N–H and O–H groups in total. The van der Waals surface area contributed by atoms with Gasteiger partial charge in [0, 0.05) is 0 Å². The second kappa shape index (κ2) is 5.10. The fraction of sp³-hybridized carbons (Fsp3) is 0.118. The summed E-state index contributed by atoms with van der Waals surface area (Å²) in [6, 6.07) is 16.1.